The van der Waals surface area contributed by atoms with Gasteiger partial charge in [-0.05, 0) is 75.0 Å². The third-order valence-electron chi connectivity index (χ3n) is 8.72. The normalized spacial score (nSPS) is 48.7. The molecule has 1 N–H and O–H groups in total. The van der Waals surface area contributed by atoms with Crippen LogP contribution >= 0.6 is 0 Å². The van der Waals surface area contributed by atoms with Crippen molar-refractivity contribution in [3.05, 3.63) is 0 Å². The third-order valence-corrected chi connectivity index (χ3v) is 8.72. The molecule has 5 heteroatoms. The van der Waals surface area contributed by atoms with Gasteiger partial charge in [-0.3, -0.25) is 4.79 Å². The second-order valence-electron chi connectivity index (χ2n) is 11.5. The molecule has 5 nitrogen and oxygen atoms in total. The van der Waals surface area contributed by atoms with Gasteiger partial charge in [0.15, 0.2) is 6.29 Å². The Morgan fingerprint density at radius 3 is 2.57 bits per heavy atom. The summed E-state index contributed by atoms with van der Waals surface area (Å²) in [5, 5.41) is 10.9. The highest BCUT2D eigenvalue weighted by Gasteiger charge is 2.46. The fourth-order valence-corrected chi connectivity index (χ4v) is 7.76. The van der Waals surface area contributed by atoms with Crippen molar-refractivity contribution in [1.29, 1.82) is 0 Å². The molecule has 4 aliphatic carbocycles. The molecule has 0 spiro atoms. The maximum absolute atomic E-state index is 12.8. The molecule has 30 heavy (non-hydrogen) atoms. The molecule has 1 saturated heterocycles. The maximum atomic E-state index is 12.8. The van der Waals surface area contributed by atoms with Gasteiger partial charge in [-0.15, -0.1) is 0 Å². The Labute approximate surface area is 181 Å². The second-order valence-corrected chi connectivity index (χ2v) is 11.5. The standard InChI is InChI=1S/C25H40O5/c1-16-7-19-11-21(14-25(27,12-16)13-19)23(26)29-15-22-5-6-28-24(30-22)20-9-17-3-2-4-18(8-17)10-20/h16-22,24,27H,2-15H2,1H3. The fraction of sp³-hybridized carbons (Fsp3) is 0.960. The lowest BCUT2D eigenvalue weighted by molar-refractivity contribution is -0.252. The zero-order valence-electron chi connectivity index (χ0n) is 18.6. The van der Waals surface area contributed by atoms with Crippen LogP contribution in [0.5, 0.6) is 0 Å². The molecule has 8 atom stereocenters. The molecule has 4 saturated carbocycles. The molecule has 5 aliphatic rings. The van der Waals surface area contributed by atoms with Crippen molar-refractivity contribution in [3.63, 3.8) is 0 Å². The van der Waals surface area contributed by atoms with Gasteiger partial charge in [0, 0.05) is 12.3 Å². The first kappa shape index (κ1) is 21.2. The van der Waals surface area contributed by atoms with E-state index in [1.165, 1.54) is 38.5 Å². The summed E-state index contributed by atoms with van der Waals surface area (Å²) in [6.45, 7) is 3.24. The van der Waals surface area contributed by atoms with Crippen LogP contribution < -0.4 is 0 Å². The van der Waals surface area contributed by atoms with E-state index in [-0.39, 0.29) is 24.3 Å². The van der Waals surface area contributed by atoms with E-state index in [0.717, 1.165) is 43.9 Å². The zero-order valence-corrected chi connectivity index (χ0v) is 18.6. The summed E-state index contributed by atoms with van der Waals surface area (Å²) in [5.74, 6) is 2.93. The number of hydrogen-bond donors (Lipinski definition) is 1. The molecule has 0 aromatic carbocycles. The number of rotatable bonds is 4. The number of esters is 1. The highest BCUT2D eigenvalue weighted by atomic mass is 16.7. The third kappa shape index (κ3) is 4.73. The van der Waals surface area contributed by atoms with Gasteiger partial charge < -0.3 is 19.3 Å². The minimum Gasteiger partial charge on any atom is -0.463 e. The Kier molecular flexibility index (Phi) is 6.16. The number of hydrogen-bond acceptors (Lipinski definition) is 5. The molecule has 1 aliphatic heterocycles. The van der Waals surface area contributed by atoms with E-state index in [9.17, 15) is 9.90 Å². The number of aliphatic hydroxyl groups is 1. The van der Waals surface area contributed by atoms with Gasteiger partial charge in [0.1, 0.15) is 6.61 Å². The summed E-state index contributed by atoms with van der Waals surface area (Å²) in [6, 6.07) is 0. The van der Waals surface area contributed by atoms with E-state index in [4.69, 9.17) is 14.2 Å². The predicted octanol–water partition coefficient (Wildman–Crippen LogP) is 4.45. The van der Waals surface area contributed by atoms with E-state index in [0.29, 0.717) is 37.4 Å². The highest BCUT2D eigenvalue weighted by molar-refractivity contribution is 5.72. The van der Waals surface area contributed by atoms with Gasteiger partial charge in [-0.25, -0.2) is 0 Å². The van der Waals surface area contributed by atoms with Crippen LogP contribution in [0, 0.1) is 35.5 Å². The minimum atomic E-state index is -0.663. The lowest BCUT2D eigenvalue weighted by Crippen LogP contribution is -2.47. The monoisotopic (exact) mass is 420 g/mol. The average Bonchev–Trinajstić information content (AvgIpc) is 2.70. The first-order valence-electron chi connectivity index (χ1n) is 12.6. The fourth-order valence-electron chi connectivity index (χ4n) is 7.76. The van der Waals surface area contributed by atoms with Crippen molar-refractivity contribution in [2.45, 2.75) is 102 Å². The molecule has 5 fully saturated rings. The molecular weight excluding hydrogens is 380 g/mol. The predicted molar refractivity (Wildman–Crippen MR) is 113 cm³/mol. The Bertz CT molecular complexity index is 607. The smallest absolute Gasteiger partial charge is 0.309 e. The van der Waals surface area contributed by atoms with E-state index >= 15 is 0 Å². The molecular formula is C25H40O5. The summed E-state index contributed by atoms with van der Waals surface area (Å²) in [4.78, 5) is 12.8. The summed E-state index contributed by atoms with van der Waals surface area (Å²) < 4.78 is 18.0. The molecule has 0 amide bonds. The Morgan fingerprint density at radius 1 is 1.00 bits per heavy atom. The molecule has 0 radical (unpaired) electrons. The Hall–Kier alpha value is -0.650. The van der Waals surface area contributed by atoms with Crippen molar-refractivity contribution in [1.82, 2.24) is 0 Å². The molecule has 170 valence electrons. The molecule has 8 unspecified atom stereocenters. The summed E-state index contributed by atoms with van der Waals surface area (Å²) in [7, 11) is 0. The molecule has 1 heterocycles. The van der Waals surface area contributed by atoms with Gasteiger partial charge in [-0.2, -0.15) is 0 Å². The molecule has 0 aromatic heterocycles. The van der Waals surface area contributed by atoms with Crippen molar-refractivity contribution < 1.29 is 24.1 Å². The van der Waals surface area contributed by atoms with Crippen LogP contribution in [0.4, 0.5) is 0 Å². The summed E-state index contributed by atoms with van der Waals surface area (Å²) >= 11 is 0. The number of carbonyl (C=O) groups excluding carboxylic acids is 1. The SMILES string of the molecule is CC1CC2CC(C(=O)OCC3CCOC(C4CC5CCCC(C5)C4)O3)CC(O)(C1)C2. The van der Waals surface area contributed by atoms with Crippen LogP contribution in [-0.2, 0) is 19.0 Å². The molecule has 4 bridgehead atoms. The Morgan fingerprint density at radius 2 is 1.80 bits per heavy atom. The second kappa shape index (κ2) is 8.71. The summed E-state index contributed by atoms with van der Waals surface area (Å²) in [5.41, 5.74) is -0.663. The molecule has 0 aromatic rings. The molecule has 5 rings (SSSR count). The maximum Gasteiger partial charge on any atom is 0.309 e. The quantitative estimate of drug-likeness (QED) is 0.681. The van der Waals surface area contributed by atoms with E-state index < -0.39 is 5.60 Å². The van der Waals surface area contributed by atoms with Crippen LogP contribution in [0.1, 0.15) is 84.0 Å². The first-order chi connectivity index (χ1) is 14.5. The van der Waals surface area contributed by atoms with Gasteiger partial charge in [0.05, 0.1) is 24.2 Å². The first-order valence-corrected chi connectivity index (χ1v) is 12.6. The van der Waals surface area contributed by atoms with Crippen LogP contribution in [0.25, 0.3) is 0 Å². The lowest BCUT2D eigenvalue weighted by Gasteiger charge is -2.46. The van der Waals surface area contributed by atoms with Gasteiger partial charge in [0.2, 0.25) is 0 Å². The number of fused-ring (bicyclic) bond motifs is 4. The zero-order chi connectivity index (χ0) is 20.7. The number of carbonyl (C=O) groups is 1. The largest absolute Gasteiger partial charge is 0.463 e. The highest BCUT2D eigenvalue weighted by Crippen LogP contribution is 2.48. The van der Waals surface area contributed by atoms with Crippen molar-refractivity contribution in [2.24, 2.45) is 35.5 Å². The van der Waals surface area contributed by atoms with Crippen LogP contribution in [0.3, 0.4) is 0 Å². The number of ether oxygens (including phenoxy) is 3. The van der Waals surface area contributed by atoms with Gasteiger partial charge >= 0.3 is 5.97 Å². The minimum absolute atomic E-state index is 0.0549. The topological polar surface area (TPSA) is 65.0 Å². The van der Waals surface area contributed by atoms with E-state index in [1.54, 1.807) is 0 Å². The van der Waals surface area contributed by atoms with E-state index in [2.05, 4.69) is 6.92 Å². The van der Waals surface area contributed by atoms with Gasteiger partial charge in [-0.1, -0.05) is 26.2 Å². The van der Waals surface area contributed by atoms with Crippen molar-refractivity contribution >= 4 is 5.97 Å². The lowest BCUT2D eigenvalue weighted by atomic mass is 9.62. The van der Waals surface area contributed by atoms with Crippen LogP contribution in [0.2, 0.25) is 0 Å². The summed E-state index contributed by atoms with van der Waals surface area (Å²) in [6.07, 6.45) is 12.8. The van der Waals surface area contributed by atoms with Crippen LogP contribution in [0.15, 0.2) is 0 Å². The average molecular weight is 421 g/mol. The van der Waals surface area contributed by atoms with Gasteiger partial charge in [0.25, 0.3) is 0 Å². The Balaban J connectivity index is 1.11. The van der Waals surface area contributed by atoms with Crippen molar-refractivity contribution in [3.8, 4) is 0 Å². The van der Waals surface area contributed by atoms with Crippen LogP contribution in [-0.4, -0.2) is 42.3 Å². The van der Waals surface area contributed by atoms with Crippen molar-refractivity contribution in [2.75, 3.05) is 13.2 Å². The van der Waals surface area contributed by atoms with E-state index in [1.807, 2.05) is 0 Å².